The van der Waals surface area contributed by atoms with Gasteiger partial charge in [0.1, 0.15) is 5.75 Å². The first kappa shape index (κ1) is 13.7. The maximum atomic E-state index is 12.3. The van der Waals surface area contributed by atoms with Crippen LogP contribution in [0.25, 0.3) is 0 Å². The minimum absolute atomic E-state index is 0.0561. The van der Waals surface area contributed by atoms with Gasteiger partial charge in [-0.05, 0) is 32.4 Å². The molecule has 98 valence electrons. The molecule has 5 heteroatoms. The topological polar surface area (TPSA) is 49.3 Å². The molecule has 0 radical (unpaired) electrons. The molecule has 0 saturated carbocycles. The zero-order chi connectivity index (χ0) is 13.3. The van der Waals surface area contributed by atoms with Crippen molar-refractivity contribution in [1.82, 2.24) is 5.32 Å². The van der Waals surface area contributed by atoms with Crippen LogP contribution in [-0.4, -0.2) is 23.5 Å². The van der Waals surface area contributed by atoms with Gasteiger partial charge in [-0.25, -0.2) is 0 Å². The molecule has 0 aliphatic carbocycles. The van der Waals surface area contributed by atoms with Crippen molar-refractivity contribution in [1.29, 1.82) is 0 Å². The van der Waals surface area contributed by atoms with Gasteiger partial charge in [0.15, 0.2) is 5.78 Å². The predicted octanol–water partition coefficient (Wildman–Crippen LogP) is 3.27. The number of hydrogen-bond acceptors (Lipinski definition) is 3. The number of halogens is 2. The molecule has 0 amide bonds. The smallest absolute Gasteiger partial charge is 0.169 e. The molecule has 1 aliphatic heterocycles. The van der Waals surface area contributed by atoms with Gasteiger partial charge >= 0.3 is 0 Å². The highest BCUT2D eigenvalue weighted by atomic mass is 35.5. The number of rotatable bonds is 2. The fourth-order valence-electron chi connectivity index (χ4n) is 2.32. The Morgan fingerprint density at radius 3 is 2.72 bits per heavy atom. The summed E-state index contributed by atoms with van der Waals surface area (Å²) in [6.45, 7) is 2.87. The second kappa shape index (κ2) is 5.47. The molecule has 2 atom stereocenters. The Hall–Kier alpha value is -0.770. The van der Waals surface area contributed by atoms with Crippen LogP contribution in [0, 0.1) is 5.92 Å². The molecule has 3 nitrogen and oxygen atoms in total. The summed E-state index contributed by atoms with van der Waals surface area (Å²) in [5.41, 5.74) is 0.267. The predicted molar refractivity (Wildman–Crippen MR) is 72.6 cm³/mol. The van der Waals surface area contributed by atoms with E-state index in [1.54, 1.807) is 0 Å². The lowest BCUT2D eigenvalue weighted by molar-refractivity contribution is 0.0878. The fraction of sp³-hybridized carbons (Fsp3) is 0.462. The molecule has 2 rings (SSSR count). The van der Waals surface area contributed by atoms with Crippen molar-refractivity contribution >= 4 is 29.0 Å². The van der Waals surface area contributed by atoms with Crippen LogP contribution in [0.5, 0.6) is 5.75 Å². The standard InChI is InChI=1S/C13H15Cl2NO2/c1-7-4-8(2-3-16-7)13(18)9-5-10(14)11(15)6-12(9)17/h5-8,16-17H,2-4H2,1H3. The highest BCUT2D eigenvalue weighted by Gasteiger charge is 2.27. The Kier molecular flexibility index (Phi) is 4.15. The summed E-state index contributed by atoms with van der Waals surface area (Å²) in [6, 6.07) is 3.09. The van der Waals surface area contributed by atoms with E-state index in [0.717, 1.165) is 19.4 Å². The molecule has 1 aromatic carbocycles. The molecule has 2 unspecified atom stereocenters. The number of piperidine rings is 1. The van der Waals surface area contributed by atoms with E-state index in [-0.39, 0.29) is 28.0 Å². The molecule has 1 aromatic rings. The van der Waals surface area contributed by atoms with Crippen molar-refractivity contribution < 1.29 is 9.90 Å². The van der Waals surface area contributed by atoms with Gasteiger partial charge in [-0.3, -0.25) is 4.79 Å². The van der Waals surface area contributed by atoms with Gasteiger partial charge in [0, 0.05) is 18.0 Å². The highest BCUT2D eigenvalue weighted by molar-refractivity contribution is 6.42. The molecule has 0 aromatic heterocycles. The fourth-order valence-corrected chi connectivity index (χ4v) is 2.65. The number of phenols is 1. The minimum atomic E-state index is -0.0967. The normalized spacial score (nSPS) is 23.9. The van der Waals surface area contributed by atoms with E-state index in [1.807, 2.05) is 6.92 Å². The number of benzene rings is 1. The molecule has 0 spiro atoms. The summed E-state index contributed by atoms with van der Waals surface area (Å²) in [5, 5.41) is 13.6. The number of carbonyl (C=O) groups is 1. The molecule has 1 aliphatic rings. The van der Waals surface area contributed by atoms with Gasteiger partial charge in [-0.1, -0.05) is 23.2 Å². The van der Waals surface area contributed by atoms with Crippen molar-refractivity contribution in [3.8, 4) is 5.75 Å². The zero-order valence-corrected chi connectivity index (χ0v) is 11.6. The highest BCUT2D eigenvalue weighted by Crippen LogP contribution is 2.32. The van der Waals surface area contributed by atoms with Crippen molar-refractivity contribution in [2.24, 2.45) is 5.92 Å². The van der Waals surface area contributed by atoms with E-state index in [0.29, 0.717) is 11.1 Å². The Balaban J connectivity index is 2.25. The molecule has 1 saturated heterocycles. The Morgan fingerprint density at radius 2 is 2.06 bits per heavy atom. The summed E-state index contributed by atoms with van der Waals surface area (Å²) < 4.78 is 0. The first-order valence-electron chi connectivity index (χ1n) is 5.94. The van der Waals surface area contributed by atoms with Gasteiger partial charge in [-0.15, -0.1) is 0 Å². The number of Topliss-reactive ketones (excluding diaryl/α,β-unsaturated/α-hetero) is 1. The van der Waals surface area contributed by atoms with Crippen LogP contribution in [0.4, 0.5) is 0 Å². The van der Waals surface area contributed by atoms with E-state index in [1.165, 1.54) is 12.1 Å². The van der Waals surface area contributed by atoms with Crippen molar-refractivity contribution in [2.45, 2.75) is 25.8 Å². The van der Waals surface area contributed by atoms with Gasteiger partial charge in [-0.2, -0.15) is 0 Å². The quantitative estimate of drug-likeness (QED) is 0.821. The molecule has 2 N–H and O–H groups in total. The van der Waals surface area contributed by atoms with Crippen LogP contribution in [-0.2, 0) is 0 Å². The van der Waals surface area contributed by atoms with Crippen molar-refractivity contribution in [3.05, 3.63) is 27.7 Å². The summed E-state index contributed by atoms with van der Waals surface area (Å²) >= 11 is 11.7. The summed E-state index contributed by atoms with van der Waals surface area (Å²) in [7, 11) is 0. The minimum Gasteiger partial charge on any atom is -0.507 e. The van der Waals surface area contributed by atoms with Gasteiger partial charge in [0.25, 0.3) is 0 Å². The number of nitrogens with one attached hydrogen (secondary N) is 1. The average Bonchev–Trinajstić information content (AvgIpc) is 2.33. The second-order valence-corrected chi connectivity index (χ2v) is 5.54. The first-order chi connectivity index (χ1) is 8.49. The number of phenolic OH excluding ortho intramolecular Hbond substituents is 1. The number of hydrogen-bond donors (Lipinski definition) is 2. The number of carbonyl (C=O) groups excluding carboxylic acids is 1. The molecule has 1 heterocycles. The van der Waals surface area contributed by atoms with Crippen LogP contribution >= 0.6 is 23.2 Å². The van der Waals surface area contributed by atoms with E-state index < -0.39 is 0 Å². The lowest BCUT2D eigenvalue weighted by Crippen LogP contribution is -2.38. The maximum absolute atomic E-state index is 12.3. The van der Waals surface area contributed by atoms with Crippen LogP contribution in [0.1, 0.15) is 30.1 Å². The van der Waals surface area contributed by atoms with E-state index in [9.17, 15) is 9.90 Å². The van der Waals surface area contributed by atoms with Crippen LogP contribution < -0.4 is 5.32 Å². The van der Waals surface area contributed by atoms with Gasteiger partial charge in [0.05, 0.1) is 15.6 Å². The lowest BCUT2D eigenvalue weighted by atomic mass is 9.86. The molecule has 18 heavy (non-hydrogen) atoms. The summed E-state index contributed by atoms with van der Waals surface area (Å²) in [6.07, 6.45) is 1.56. The molecular weight excluding hydrogens is 273 g/mol. The third-order valence-corrected chi connectivity index (χ3v) is 4.02. The summed E-state index contributed by atoms with van der Waals surface area (Å²) in [4.78, 5) is 12.3. The number of aromatic hydroxyl groups is 1. The molecule has 1 fully saturated rings. The van der Waals surface area contributed by atoms with E-state index in [4.69, 9.17) is 23.2 Å². The van der Waals surface area contributed by atoms with Crippen molar-refractivity contribution in [3.63, 3.8) is 0 Å². The van der Waals surface area contributed by atoms with Crippen LogP contribution in [0.2, 0.25) is 10.0 Å². The zero-order valence-electron chi connectivity index (χ0n) is 10.0. The first-order valence-corrected chi connectivity index (χ1v) is 6.70. The third kappa shape index (κ3) is 2.79. The largest absolute Gasteiger partial charge is 0.507 e. The van der Waals surface area contributed by atoms with Crippen LogP contribution in [0.3, 0.4) is 0 Å². The second-order valence-electron chi connectivity index (χ2n) is 4.72. The molecular formula is C13H15Cl2NO2. The monoisotopic (exact) mass is 287 g/mol. The Morgan fingerprint density at radius 1 is 1.39 bits per heavy atom. The van der Waals surface area contributed by atoms with E-state index >= 15 is 0 Å². The average molecular weight is 288 g/mol. The lowest BCUT2D eigenvalue weighted by Gasteiger charge is -2.27. The summed E-state index contributed by atoms with van der Waals surface area (Å²) in [5.74, 6) is -0.218. The van der Waals surface area contributed by atoms with E-state index in [2.05, 4.69) is 5.32 Å². The van der Waals surface area contributed by atoms with Crippen LogP contribution in [0.15, 0.2) is 12.1 Å². The Labute approximate surface area is 116 Å². The van der Waals surface area contributed by atoms with Gasteiger partial charge < -0.3 is 10.4 Å². The SMILES string of the molecule is CC1CC(C(=O)c2cc(Cl)c(Cl)cc2O)CCN1. The third-order valence-electron chi connectivity index (χ3n) is 3.30. The van der Waals surface area contributed by atoms with Gasteiger partial charge in [0.2, 0.25) is 0 Å². The number of ketones is 1. The maximum Gasteiger partial charge on any atom is 0.169 e. The Bertz CT molecular complexity index is 476. The molecule has 0 bridgehead atoms. The van der Waals surface area contributed by atoms with Crippen molar-refractivity contribution in [2.75, 3.05) is 6.54 Å².